The topological polar surface area (TPSA) is 45.1 Å². The average Bonchev–Trinajstić information content (AvgIpc) is 3.14. The molecule has 0 spiro atoms. The molecule has 0 saturated heterocycles. The van der Waals surface area contributed by atoms with E-state index < -0.39 is 6.23 Å². The molecule has 3 aromatic rings. The first-order valence-corrected chi connectivity index (χ1v) is 8.86. The van der Waals surface area contributed by atoms with Gasteiger partial charge in [-0.05, 0) is 24.3 Å². The van der Waals surface area contributed by atoms with Crippen molar-refractivity contribution in [3.05, 3.63) is 95.3 Å². The fourth-order valence-corrected chi connectivity index (χ4v) is 3.80. The number of rotatable bonds is 2. The molecule has 134 valence electrons. The van der Waals surface area contributed by atoms with Gasteiger partial charge in [0.1, 0.15) is 17.3 Å². The summed E-state index contributed by atoms with van der Waals surface area (Å²) in [6, 6.07) is 21.4. The second-order valence-corrected chi connectivity index (χ2v) is 6.69. The van der Waals surface area contributed by atoms with Crippen molar-refractivity contribution in [1.29, 1.82) is 0 Å². The molecule has 0 bridgehead atoms. The summed E-state index contributed by atoms with van der Waals surface area (Å²) in [5, 5.41) is 16.8. The molecule has 0 aromatic heterocycles. The Hall–Kier alpha value is -3.34. The second-order valence-electron chi connectivity index (χ2n) is 6.69. The monoisotopic (exact) mass is 360 g/mol. The maximum absolute atomic E-state index is 14.5. The number of halogens is 1. The van der Waals surface area contributed by atoms with Crippen molar-refractivity contribution < 1.29 is 14.2 Å². The van der Waals surface area contributed by atoms with Gasteiger partial charge in [-0.3, -0.25) is 0 Å². The summed E-state index contributed by atoms with van der Waals surface area (Å²) in [6.07, 6.45) is -0.0439. The minimum atomic E-state index is -0.658. The van der Waals surface area contributed by atoms with Crippen LogP contribution in [0.1, 0.15) is 35.4 Å². The molecule has 0 unspecified atom stereocenters. The summed E-state index contributed by atoms with van der Waals surface area (Å²) >= 11 is 0. The van der Waals surface area contributed by atoms with Gasteiger partial charge in [0.2, 0.25) is 6.23 Å². The van der Waals surface area contributed by atoms with Gasteiger partial charge >= 0.3 is 0 Å². The van der Waals surface area contributed by atoms with Crippen molar-refractivity contribution in [2.45, 2.75) is 18.7 Å². The van der Waals surface area contributed by atoms with Crippen molar-refractivity contribution in [2.24, 2.45) is 5.10 Å². The first kappa shape index (κ1) is 15.9. The van der Waals surface area contributed by atoms with Crippen LogP contribution in [0.15, 0.2) is 77.9 Å². The molecule has 27 heavy (non-hydrogen) atoms. The predicted molar refractivity (Wildman–Crippen MR) is 100 cm³/mol. The zero-order chi connectivity index (χ0) is 18.4. The van der Waals surface area contributed by atoms with Crippen molar-refractivity contribution in [3.8, 4) is 11.5 Å². The van der Waals surface area contributed by atoms with Gasteiger partial charge in [-0.25, -0.2) is 9.40 Å². The number of hydrogen-bond donors (Lipinski definition) is 1. The number of para-hydroxylation sites is 2. The number of phenols is 1. The Balaban J connectivity index is 1.64. The molecule has 2 aliphatic rings. The molecule has 0 fully saturated rings. The first-order chi connectivity index (χ1) is 13.2. The fraction of sp³-hybridized carbons (Fsp3) is 0.136. The Labute approximate surface area is 156 Å². The number of aromatic hydroxyl groups is 1. The maximum Gasteiger partial charge on any atom is 0.216 e. The normalized spacial score (nSPS) is 20.5. The molecule has 2 atom stereocenters. The third-order valence-corrected chi connectivity index (χ3v) is 5.09. The largest absolute Gasteiger partial charge is 0.507 e. The molecule has 2 aliphatic heterocycles. The van der Waals surface area contributed by atoms with Crippen LogP contribution in [-0.2, 0) is 0 Å². The number of fused-ring (bicyclic) bond motifs is 3. The fourth-order valence-electron chi connectivity index (χ4n) is 3.80. The number of benzene rings is 3. The Morgan fingerprint density at radius 1 is 0.926 bits per heavy atom. The highest BCUT2D eigenvalue weighted by Crippen LogP contribution is 2.48. The molecule has 4 nitrogen and oxygen atoms in total. The SMILES string of the molecule is Oc1ccccc1C1=NN2[C@@H](C1)c1ccccc1O[C@H]2c1ccccc1F. The molecule has 0 radical (unpaired) electrons. The lowest BCUT2D eigenvalue weighted by Crippen LogP contribution is -2.34. The van der Waals surface area contributed by atoms with E-state index in [1.807, 2.05) is 41.4 Å². The minimum Gasteiger partial charge on any atom is -0.507 e. The third-order valence-electron chi connectivity index (χ3n) is 5.09. The smallest absolute Gasteiger partial charge is 0.216 e. The standard InChI is InChI=1S/C22H17FN2O2/c23-17-10-4-1-7-14(17)22-25-19(16-9-3-6-12-21(16)27-22)13-18(24-25)15-8-2-5-11-20(15)26/h1-12,19,22,26H,13H2/t19-,22-/m0/s1. The molecule has 5 heteroatoms. The van der Waals surface area contributed by atoms with Crippen LogP contribution in [0.4, 0.5) is 4.39 Å². The summed E-state index contributed by atoms with van der Waals surface area (Å²) in [6.45, 7) is 0. The van der Waals surface area contributed by atoms with E-state index in [2.05, 4.69) is 0 Å². The van der Waals surface area contributed by atoms with Gasteiger partial charge < -0.3 is 9.84 Å². The summed E-state index contributed by atoms with van der Waals surface area (Å²) in [4.78, 5) is 0. The van der Waals surface area contributed by atoms with E-state index in [4.69, 9.17) is 9.84 Å². The molecule has 1 N–H and O–H groups in total. The lowest BCUT2D eigenvalue weighted by atomic mass is 9.95. The number of nitrogens with zero attached hydrogens (tertiary/aromatic N) is 2. The van der Waals surface area contributed by atoms with E-state index in [1.54, 1.807) is 30.3 Å². The van der Waals surface area contributed by atoms with Crippen LogP contribution in [-0.4, -0.2) is 15.8 Å². The van der Waals surface area contributed by atoms with Crippen molar-refractivity contribution in [3.63, 3.8) is 0 Å². The zero-order valence-corrected chi connectivity index (χ0v) is 14.4. The molecule has 0 saturated carbocycles. The minimum absolute atomic E-state index is 0.0748. The van der Waals surface area contributed by atoms with E-state index in [0.29, 0.717) is 17.5 Å². The van der Waals surface area contributed by atoms with Gasteiger partial charge in [0.25, 0.3) is 0 Å². The van der Waals surface area contributed by atoms with Crippen LogP contribution in [0.25, 0.3) is 0 Å². The number of ether oxygens (including phenoxy) is 1. The van der Waals surface area contributed by atoms with Gasteiger partial charge in [-0.2, -0.15) is 5.10 Å². The van der Waals surface area contributed by atoms with Gasteiger partial charge in [-0.1, -0.05) is 48.5 Å². The van der Waals surface area contributed by atoms with E-state index in [0.717, 1.165) is 17.0 Å². The van der Waals surface area contributed by atoms with Crippen molar-refractivity contribution in [1.82, 2.24) is 5.01 Å². The first-order valence-electron chi connectivity index (χ1n) is 8.86. The van der Waals surface area contributed by atoms with E-state index in [1.165, 1.54) is 6.07 Å². The van der Waals surface area contributed by atoms with E-state index in [9.17, 15) is 9.50 Å². The third kappa shape index (κ3) is 2.54. The lowest BCUT2D eigenvalue weighted by Gasteiger charge is -2.38. The van der Waals surface area contributed by atoms with Gasteiger partial charge in [0.05, 0.1) is 17.3 Å². The molecule has 3 aromatic carbocycles. The molecule has 0 aliphatic carbocycles. The number of hydrogen-bond acceptors (Lipinski definition) is 4. The molecule has 2 heterocycles. The van der Waals surface area contributed by atoms with Crippen LogP contribution in [0, 0.1) is 5.82 Å². The summed E-state index contributed by atoms with van der Waals surface area (Å²) in [5.74, 6) is 0.598. The quantitative estimate of drug-likeness (QED) is 0.716. The van der Waals surface area contributed by atoms with E-state index in [-0.39, 0.29) is 17.6 Å². The Bertz CT molecular complexity index is 1050. The number of hydrazone groups is 1. The predicted octanol–water partition coefficient (Wildman–Crippen LogP) is 4.77. The van der Waals surface area contributed by atoms with Gasteiger partial charge in [-0.15, -0.1) is 0 Å². The van der Waals surface area contributed by atoms with Gasteiger partial charge in [0.15, 0.2) is 0 Å². The second kappa shape index (κ2) is 6.13. The van der Waals surface area contributed by atoms with Crippen LogP contribution in [0.2, 0.25) is 0 Å². The molecule has 0 amide bonds. The van der Waals surface area contributed by atoms with Crippen LogP contribution in [0.3, 0.4) is 0 Å². The Kier molecular flexibility index (Phi) is 3.60. The summed E-state index contributed by atoms with van der Waals surface area (Å²) < 4.78 is 20.6. The van der Waals surface area contributed by atoms with Gasteiger partial charge in [0, 0.05) is 17.5 Å². The Morgan fingerprint density at radius 3 is 2.44 bits per heavy atom. The van der Waals surface area contributed by atoms with E-state index >= 15 is 0 Å². The highest BCUT2D eigenvalue weighted by molar-refractivity contribution is 6.04. The highest BCUT2D eigenvalue weighted by Gasteiger charge is 2.41. The summed E-state index contributed by atoms with van der Waals surface area (Å²) in [7, 11) is 0. The molecule has 5 rings (SSSR count). The maximum atomic E-state index is 14.5. The van der Waals surface area contributed by atoms with Crippen molar-refractivity contribution >= 4 is 5.71 Å². The number of phenolic OH excluding ortho intramolecular Hbond substituents is 1. The van der Waals surface area contributed by atoms with Crippen LogP contribution < -0.4 is 4.74 Å². The van der Waals surface area contributed by atoms with Crippen molar-refractivity contribution in [2.75, 3.05) is 0 Å². The van der Waals surface area contributed by atoms with Crippen LogP contribution in [0.5, 0.6) is 11.5 Å². The highest BCUT2D eigenvalue weighted by atomic mass is 19.1. The van der Waals surface area contributed by atoms with Crippen LogP contribution >= 0.6 is 0 Å². The Morgan fingerprint density at radius 2 is 1.63 bits per heavy atom. The molecular weight excluding hydrogens is 343 g/mol. The zero-order valence-electron chi connectivity index (χ0n) is 14.4. The summed E-state index contributed by atoms with van der Waals surface area (Å²) in [5.41, 5.74) is 2.91. The molecular formula is C22H17FN2O2. The lowest BCUT2D eigenvalue weighted by molar-refractivity contribution is -0.0212. The average molecular weight is 360 g/mol.